The number of benzene rings is 3. The molecule has 1 N–H and O–H groups in total. The Morgan fingerprint density at radius 1 is 1.19 bits per heavy atom. The van der Waals surface area contributed by atoms with Crippen LogP contribution in [0.4, 0.5) is 5.69 Å². The Morgan fingerprint density at radius 2 is 1.90 bits per heavy atom. The Balaban J connectivity index is 1.91. The van der Waals surface area contributed by atoms with E-state index in [1.165, 1.54) is 0 Å². The van der Waals surface area contributed by atoms with Gasteiger partial charge in [-0.2, -0.15) is 5.26 Å². The molecule has 0 spiro atoms. The fourth-order valence-corrected chi connectivity index (χ4v) is 4.14. The predicted octanol–water partition coefficient (Wildman–Crippen LogP) is 6.40. The molecule has 0 atom stereocenters. The summed E-state index contributed by atoms with van der Waals surface area (Å²) in [6.45, 7) is 1.90. The largest absolute Gasteiger partial charge is 0.496 e. The van der Waals surface area contributed by atoms with E-state index in [1.807, 2.05) is 67.6 Å². The second kappa shape index (κ2) is 10.5. The molecule has 0 aliphatic rings. The van der Waals surface area contributed by atoms with Crippen molar-refractivity contribution in [3.63, 3.8) is 0 Å². The number of nitrogens with one attached hydrogen (secondary N) is 1. The van der Waals surface area contributed by atoms with Crippen molar-refractivity contribution >= 4 is 51.9 Å². The van der Waals surface area contributed by atoms with E-state index in [0.29, 0.717) is 28.4 Å². The highest BCUT2D eigenvalue weighted by Gasteiger charge is 2.15. The number of aryl methyl sites for hydroxylation is 1. The Hall–Kier alpha value is -2.82. The summed E-state index contributed by atoms with van der Waals surface area (Å²) >= 11 is 8.56. The van der Waals surface area contributed by atoms with Gasteiger partial charge < -0.3 is 10.1 Å². The van der Waals surface area contributed by atoms with Crippen LogP contribution in [-0.4, -0.2) is 13.0 Å². The van der Waals surface area contributed by atoms with Crippen LogP contribution in [0.5, 0.6) is 5.75 Å². The topological polar surface area (TPSA) is 62.1 Å². The highest BCUT2D eigenvalue weighted by atomic mass is 127. The average Bonchev–Trinajstić information content (AvgIpc) is 2.76. The number of hydrogen-bond donors (Lipinski definition) is 1. The molecule has 0 unspecified atom stereocenters. The van der Waals surface area contributed by atoms with Crippen molar-refractivity contribution in [1.29, 1.82) is 5.26 Å². The molecule has 1 amide bonds. The molecule has 0 radical (unpaired) electrons. The van der Waals surface area contributed by atoms with Gasteiger partial charge in [0, 0.05) is 26.3 Å². The van der Waals surface area contributed by atoms with Crippen LogP contribution >= 0.6 is 34.2 Å². The summed E-state index contributed by atoms with van der Waals surface area (Å²) < 4.78 is 6.56. The molecular weight excluding hydrogens is 523 g/mol. The van der Waals surface area contributed by atoms with Crippen LogP contribution in [-0.2, 0) is 11.2 Å². The lowest BCUT2D eigenvalue weighted by Crippen LogP contribution is -2.14. The number of methoxy groups -OCH3 is 1. The van der Waals surface area contributed by atoms with E-state index in [0.717, 1.165) is 20.3 Å². The molecule has 6 heteroatoms. The summed E-state index contributed by atoms with van der Waals surface area (Å²) in [5.41, 5.74) is 4.32. The molecular formula is C25H20ClIN2O2. The number of nitrogens with zero attached hydrogens (tertiary/aromatic N) is 1. The van der Waals surface area contributed by atoms with E-state index in [-0.39, 0.29) is 5.57 Å². The minimum absolute atomic E-state index is 0.0139. The number of amides is 1. The first-order valence-electron chi connectivity index (χ1n) is 9.51. The zero-order valence-corrected chi connectivity index (χ0v) is 20.0. The molecule has 31 heavy (non-hydrogen) atoms. The SMILES string of the molecule is COc1cc(/C=C(\C#N)C(=O)Nc2ccccc2C)cc(I)c1Cc1ccccc1Cl. The average molecular weight is 543 g/mol. The van der Waals surface area contributed by atoms with Crippen LogP contribution in [0.3, 0.4) is 0 Å². The molecule has 0 fully saturated rings. The second-order valence-electron chi connectivity index (χ2n) is 6.89. The number of para-hydroxylation sites is 1. The summed E-state index contributed by atoms with van der Waals surface area (Å²) in [6, 6.07) is 20.9. The zero-order valence-electron chi connectivity index (χ0n) is 17.1. The molecule has 156 valence electrons. The van der Waals surface area contributed by atoms with Crippen LogP contribution in [0.25, 0.3) is 6.08 Å². The van der Waals surface area contributed by atoms with Crippen molar-refractivity contribution in [2.75, 3.05) is 12.4 Å². The van der Waals surface area contributed by atoms with Gasteiger partial charge in [0.25, 0.3) is 5.91 Å². The smallest absolute Gasteiger partial charge is 0.266 e. The van der Waals surface area contributed by atoms with Crippen molar-refractivity contribution in [3.05, 3.63) is 97.1 Å². The summed E-state index contributed by atoms with van der Waals surface area (Å²) in [5, 5.41) is 13.0. The van der Waals surface area contributed by atoms with Crippen LogP contribution in [0, 0.1) is 21.8 Å². The number of nitriles is 1. The molecule has 4 nitrogen and oxygen atoms in total. The summed E-state index contributed by atoms with van der Waals surface area (Å²) in [6.07, 6.45) is 2.18. The van der Waals surface area contributed by atoms with Crippen molar-refractivity contribution in [2.45, 2.75) is 13.3 Å². The Kier molecular flexibility index (Phi) is 7.72. The van der Waals surface area contributed by atoms with Crippen molar-refractivity contribution in [2.24, 2.45) is 0 Å². The Labute approximate surface area is 200 Å². The Bertz CT molecular complexity index is 1200. The van der Waals surface area contributed by atoms with Gasteiger partial charge in [-0.25, -0.2) is 0 Å². The molecule has 3 rings (SSSR count). The van der Waals surface area contributed by atoms with E-state index >= 15 is 0 Å². The van der Waals surface area contributed by atoms with Gasteiger partial charge in [0.15, 0.2) is 0 Å². The van der Waals surface area contributed by atoms with Gasteiger partial charge in [-0.05, 0) is 76.5 Å². The number of anilines is 1. The van der Waals surface area contributed by atoms with Crippen molar-refractivity contribution in [3.8, 4) is 11.8 Å². The van der Waals surface area contributed by atoms with Crippen LogP contribution in [0.1, 0.15) is 22.3 Å². The number of carbonyl (C=O) groups is 1. The first-order valence-corrected chi connectivity index (χ1v) is 11.0. The lowest BCUT2D eigenvalue weighted by atomic mass is 10.0. The van der Waals surface area contributed by atoms with E-state index in [4.69, 9.17) is 16.3 Å². The molecule has 0 saturated carbocycles. The third-order valence-electron chi connectivity index (χ3n) is 4.79. The first kappa shape index (κ1) is 22.9. The number of carbonyl (C=O) groups excluding carboxylic acids is 1. The molecule has 0 aromatic heterocycles. The van der Waals surface area contributed by atoms with Gasteiger partial charge in [0.1, 0.15) is 17.4 Å². The highest BCUT2D eigenvalue weighted by Crippen LogP contribution is 2.31. The normalized spacial score (nSPS) is 11.0. The standard InChI is InChI=1S/C25H20ClIN2O2/c1-16-7-3-6-10-23(16)29-25(30)19(15-28)11-17-12-22(27)20(24(13-17)31-2)14-18-8-4-5-9-21(18)26/h3-13H,14H2,1-2H3,(H,29,30)/b19-11+. The van der Waals surface area contributed by atoms with Crippen LogP contribution in [0.15, 0.2) is 66.2 Å². The van der Waals surface area contributed by atoms with Crippen molar-refractivity contribution < 1.29 is 9.53 Å². The Morgan fingerprint density at radius 3 is 2.58 bits per heavy atom. The minimum Gasteiger partial charge on any atom is -0.496 e. The summed E-state index contributed by atoms with van der Waals surface area (Å²) in [5.74, 6) is 0.223. The van der Waals surface area contributed by atoms with Crippen molar-refractivity contribution in [1.82, 2.24) is 0 Å². The lowest BCUT2D eigenvalue weighted by Gasteiger charge is -2.13. The van der Waals surface area contributed by atoms with Gasteiger partial charge in [-0.3, -0.25) is 4.79 Å². The van der Waals surface area contributed by atoms with E-state index in [2.05, 4.69) is 27.9 Å². The maximum absolute atomic E-state index is 12.6. The van der Waals surface area contributed by atoms with Gasteiger partial charge in [0.2, 0.25) is 0 Å². The quantitative estimate of drug-likeness (QED) is 0.223. The molecule has 0 aliphatic carbocycles. The summed E-state index contributed by atoms with van der Waals surface area (Å²) in [7, 11) is 1.60. The van der Waals surface area contributed by atoms with Crippen LogP contribution in [0.2, 0.25) is 5.02 Å². The van der Waals surface area contributed by atoms with E-state index in [9.17, 15) is 10.1 Å². The van der Waals surface area contributed by atoms with Crippen LogP contribution < -0.4 is 10.1 Å². The highest BCUT2D eigenvalue weighted by molar-refractivity contribution is 14.1. The number of ether oxygens (including phenoxy) is 1. The molecule has 3 aromatic carbocycles. The van der Waals surface area contributed by atoms with E-state index in [1.54, 1.807) is 19.3 Å². The molecule has 0 aliphatic heterocycles. The maximum atomic E-state index is 12.6. The predicted molar refractivity (Wildman–Crippen MR) is 133 cm³/mol. The van der Waals surface area contributed by atoms with E-state index < -0.39 is 5.91 Å². The van der Waals surface area contributed by atoms with Gasteiger partial charge in [-0.1, -0.05) is 48.0 Å². The molecule has 0 bridgehead atoms. The number of halogens is 2. The number of rotatable bonds is 6. The van der Waals surface area contributed by atoms with Gasteiger partial charge in [-0.15, -0.1) is 0 Å². The monoisotopic (exact) mass is 542 g/mol. The third kappa shape index (κ3) is 5.66. The molecule has 0 heterocycles. The minimum atomic E-state index is -0.453. The van der Waals surface area contributed by atoms with Gasteiger partial charge >= 0.3 is 0 Å². The fourth-order valence-electron chi connectivity index (χ4n) is 3.12. The molecule has 3 aromatic rings. The van der Waals surface area contributed by atoms with Gasteiger partial charge in [0.05, 0.1) is 7.11 Å². The lowest BCUT2D eigenvalue weighted by molar-refractivity contribution is -0.112. The summed E-state index contributed by atoms with van der Waals surface area (Å²) in [4.78, 5) is 12.6. The molecule has 0 saturated heterocycles. The first-order chi connectivity index (χ1) is 14.9. The number of hydrogen-bond acceptors (Lipinski definition) is 3. The maximum Gasteiger partial charge on any atom is 0.266 e. The fraction of sp³-hybridized carbons (Fsp3) is 0.120. The zero-order chi connectivity index (χ0) is 22.4. The second-order valence-corrected chi connectivity index (χ2v) is 8.46. The third-order valence-corrected chi connectivity index (χ3v) is 6.12.